The summed E-state index contributed by atoms with van der Waals surface area (Å²) in [6.07, 6.45) is 7.19. The van der Waals surface area contributed by atoms with Crippen molar-refractivity contribution in [2.45, 2.75) is 78.9 Å². The quantitative estimate of drug-likeness (QED) is 0.785. The molecule has 1 aliphatic carbocycles. The highest BCUT2D eigenvalue weighted by atomic mass is 16.5. The first-order chi connectivity index (χ1) is 8.82. The molecule has 2 heteroatoms. The maximum absolute atomic E-state index is 6.15. The van der Waals surface area contributed by atoms with Crippen molar-refractivity contribution in [3.05, 3.63) is 0 Å². The van der Waals surface area contributed by atoms with E-state index in [4.69, 9.17) is 4.74 Å². The monoisotopic (exact) mass is 267 g/mol. The zero-order chi connectivity index (χ0) is 14.1. The first-order valence-corrected chi connectivity index (χ1v) is 8.17. The Morgan fingerprint density at radius 3 is 2.47 bits per heavy atom. The van der Waals surface area contributed by atoms with Gasteiger partial charge in [0.1, 0.15) is 0 Å². The van der Waals surface area contributed by atoms with Gasteiger partial charge in [0, 0.05) is 24.6 Å². The predicted octanol–water partition coefficient (Wildman–Crippen LogP) is 4.00. The van der Waals surface area contributed by atoms with Crippen molar-refractivity contribution in [2.24, 2.45) is 16.7 Å². The molecule has 1 saturated carbocycles. The van der Waals surface area contributed by atoms with Crippen molar-refractivity contribution < 1.29 is 4.74 Å². The summed E-state index contributed by atoms with van der Waals surface area (Å²) in [4.78, 5) is 0. The zero-order valence-corrected chi connectivity index (χ0v) is 13.6. The van der Waals surface area contributed by atoms with E-state index in [1.807, 2.05) is 0 Å². The van der Waals surface area contributed by atoms with Crippen molar-refractivity contribution in [2.75, 3.05) is 13.2 Å². The Kier molecular flexibility index (Phi) is 4.62. The van der Waals surface area contributed by atoms with Crippen LogP contribution in [0.2, 0.25) is 0 Å². The van der Waals surface area contributed by atoms with Crippen LogP contribution in [0.25, 0.3) is 0 Å². The molecule has 0 aromatic heterocycles. The van der Waals surface area contributed by atoms with E-state index in [-0.39, 0.29) is 0 Å². The van der Waals surface area contributed by atoms with Crippen molar-refractivity contribution in [1.82, 2.24) is 5.32 Å². The fourth-order valence-corrected chi connectivity index (χ4v) is 3.32. The molecule has 2 atom stereocenters. The van der Waals surface area contributed by atoms with Gasteiger partial charge in [-0.2, -0.15) is 0 Å². The van der Waals surface area contributed by atoms with Crippen LogP contribution < -0.4 is 5.32 Å². The van der Waals surface area contributed by atoms with Gasteiger partial charge in [-0.15, -0.1) is 0 Å². The van der Waals surface area contributed by atoms with E-state index >= 15 is 0 Å². The second-order valence-corrected chi connectivity index (χ2v) is 8.34. The summed E-state index contributed by atoms with van der Waals surface area (Å²) >= 11 is 0. The van der Waals surface area contributed by atoms with E-state index in [2.05, 4.69) is 39.9 Å². The van der Waals surface area contributed by atoms with Gasteiger partial charge in [0.2, 0.25) is 0 Å². The standard InChI is InChI=1S/C17H33NO/c1-13(2)18-12-17(9-8-16(3,4)5)10-11-19-15(17)14-6-7-14/h13-15,18H,6-12H2,1-5H3. The molecule has 0 radical (unpaired) electrons. The van der Waals surface area contributed by atoms with Crippen LogP contribution in [-0.4, -0.2) is 25.3 Å². The minimum atomic E-state index is 0.402. The Labute approximate surface area is 119 Å². The maximum Gasteiger partial charge on any atom is 0.0672 e. The van der Waals surface area contributed by atoms with Crippen molar-refractivity contribution >= 4 is 0 Å². The van der Waals surface area contributed by atoms with Crippen LogP contribution in [0.4, 0.5) is 0 Å². The van der Waals surface area contributed by atoms with E-state index in [1.54, 1.807) is 0 Å². The number of rotatable bonds is 6. The Hall–Kier alpha value is -0.0800. The molecule has 0 spiro atoms. The largest absolute Gasteiger partial charge is 0.377 e. The Morgan fingerprint density at radius 1 is 1.26 bits per heavy atom. The van der Waals surface area contributed by atoms with Crippen molar-refractivity contribution in [3.63, 3.8) is 0 Å². The van der Waals surface area contributed by atoms with Gasteiger partial charge in [0.15, 0.2) is 0 Å². The van der Waals surface area contributed by atoms with E-state index in [0.29, 0.717) is 23.0 Å². The molecule has 2 fully saturated rings. The number of hydrogen-bond acceptors (Lipinski definition) is 2. The van der Waals surface area contributed by atoms with Gasteiger partial charge in [-0.3, -0.25) is 0 Å². The van der Waals surface area contributed by atoms with Gasteiger partial charge in [-0.25, -0.2) is 0 Å². The van der Waals surface area contributed by atoms with Crippen molar-refractivity contribution in [1.29, 1.82) is 0 Å². The lowest BCUT2D eigenvalue weighted by Crippen LogP contribution is -2.44. The summed E-state index contributed by atoms with van der Waals surface area (Å²) in [5.41, 5.74) is 0.834. The fourth-order valence-electron chi connectivity index (χ4n) is 3.32. The molecule has 0 aromatic rings. The molecule has 1 heterocycles. The smallest absolute Gasteiger partial charge is 0.0672 e. The van der Waals surface area contributed by atoms with Crippen LogP contribution >= 0.6 is 0 Å². The van der Waals surface area contributed by atoms with Crippen LogP contribution in [-0.2, 0) is 4.74 Å². The lowest BCUT2D eigenvalue weighted by atomic mass is 9.71. The molecule has 2 unspecified atom stereocenters. The van der Waals surface area contributed by atoms with Gasteiger partial charge >= 0.3 is 0 Å². The van der Waals surface area contributed by atoms with Gasteiger partial charge in [-0.05, 0) is 43.4 Å². The average molecular weight is 267 g/mol. The van der Waals surface area contributed by atoms with E-state index in [0.717, 1.165) is 19.1 Å². The van der Waals surface area contributed by atoms with Crippen LogP contribution in [0.15, 0.2) is 0 Å². The van der Waals surface area contributed by atoms with Crippen LogP contribution in [0.3, 0.4) is 0 Å². The summed E-state index contributed by atoms with van der Waals surface area (Å²) in [7, 11) is 0. The highest BCUT2D eigenvalue weighted by molar-refractivity contribution is 5.01. The van der Waals surface area contributed by atoms with Crippen molar-refractivity contribution in [3.8, 4) is 0 Å². The molecule has 1 aliphatic heterocycles. The Bertz CT molecular complexity index is 290. The summed E-state index contributed by atoms with van der Waals surface area (Å²) in [5, 5.41) is 3.70. The fraction of sp³-hybridized carbons (Fsp3) is 1.00. The van der Waals surface area contributed by atoms with Crippen LogP contribution in [0.1, 0.15) is 66.7 Å². The summed E-state index contributed by atoms with van der Waals surface area (Å²) in [6.45, 7) is 13.7. The molecule has 2 rings (SSSR count). The third-order valence-electron chi connectivity index (χ3n) is 4.79. The first kappa shape index (κ1) is 15.3. The number of ether oxygens (including phenoxy) is 1. The molecule has 0 aromatic carbocycles. The van der Waals surface area contributed by atoms with Gasteiger partial charge < -0.3 is 10.1 Å². The molecular formula is C17H33NO. The Morgan fingerprint density at radius 2 is 1.95 bits per heavy atom. The maximum atomic E-state index is 6.15. The van der Waals surface area contributed by atoms with Gasteiger partial charge in [0.05, 0.1) is 6.10 Å². The number of hydrogen-bond donors (Lipinski definition) is 1. The SMILES string of the molecule is CC(C)NCC1(CCC(C)(C)C)CCOC1C1CC1. The zero-order valence-electron chi connectivity index (χ0n) is 13.6. The topological polar surface area (TPSA) is 21.3 Å². The van der Waals surface area contributed by atoms with E-state index in [1.165, 1.54) is 32.1 Å². The Balaban J connectivity index is 2.02. The molecule has 2 nitrogen and oxygen atoms in total. The molecule has 1 N–H and O–H groups in total. The minimum Gasteiger partial charge on any atom is -0.377 e. The van der Waals surface area contributed by atoms with E-state index in [9.17, 15) is 0 Å². The lowest BCUT2D eigenvalue weighted by Gasteiger charge is -2.37. The second-order valence-electron chi connectivity index (χ2n) is 8.34. The summed E-state index contributed by atoms with van der Waals surface area (Å²) in [6, 6.07) is 0.576. The molecule has 0 amide bonds. The highest BCUT2D eigenvalue weighted by Gasteiger charge is 2.50. The average Bonchev–Trinajstić information content (AvgIpc) is 3.05. The van der Waals surface area contributed by atoms with Crippen LogP contribution in [0.5, 0.6) is 0 Å². The van der Waals surface area contributed by atoms with E-state index < -0.39 is 0 Å². The lowest BCUT2D eigenvalue weighted by molar-refractivity contribution is 0.0206. The third-order valence-corrected chi connectivity index (χ3v) is 4.79. The molecular weight excluding hydrogens is 234 g/mol. The van der Waals surface area contributed by atoms with Gasteiger partial charge in [0.25, 0.3) is 0 Å². The number of nitrogens with one attached hydrogen (secondary N) is 1. The summed E-state index contributed by atoms with van der Waals surface area (Å²) in [5.74, 6) is 0.858. The molecule has 0 bridgehead atoms. The second kappa shape index (κ2) is 5.73. The minimum absolute atomic E-state index is 0.402. The van der Waals surface area contributed by atoms with Crippen LogP contribution in [0, 0.1) is 16.7 Å². The van der Waals surface area contributed by atoms with Gasteiger partial charge in [-0.1, -0.05) is 34.6 Å². The molecule has 19 heavy (non-hydrogen) atoms. The normalized spacial score (nSPS) is 32.2. The highest BCUT2D eigenvalue weighted by Crippen LogP contribution is 2.50. The third kappa shape index (κ3) is 4.19. The predicted molar refractivity (Wildman–Crippen MR) is 81.3 cm³/mol. The molecule has 112 valence electrons. The molecule has 1 saturated heterocycles. The molecule has 2 aliphatic rings. The summed E-state index contributed by atoms with van der Waals surface area (Å²) < 4.78 is 6.15. The first-order valence-electron chi connectivity index (χ1n) is 8.17.